The molecule has 2 atom stereocenters. The molecule has 2 amide bonds. The normalized spacial score (nSPS) is 24.0. The van der Waals surface area contributed by atoms with Crippen molar-refractivity contribution in [1.29, 1.82) is 0 Å². The Bertz CT molecular complexity index is 893. The summed E-state index contributed by atoms with van der Waals surface area (Å²) in [6.45, 7) is 2.59. The summed E-state index contributed by atoms with van der Waals surface area (Å²) in [7, 11) is 0. The number of hydrogen-bond acceptors (Lipinski definition) is 3. The number of amides is 2. The molecule has 2 aromatic carbocycles. The van der Waals surface area contributed by atoms with Gasteiger partial charge in [0.25, 0.3) is 11.8 Å². The van der Waals surface area contributed by atoms with Crippen LogP contribution in [-0.2, 0) is 4.79 Å². The van der Waals surface area contributed by atoms with Crippen LogP contribution in [0.25, 0.3) is 0 Å². The van der Waals surface area contributed by atoms with Gasteiger partial charge in [0.2, 0.25) is 6.23 Å². The van der Waals surface area contributed by atoms with E-state index in [4.69, 9.17) is 4.74 Å². The number of carbonyl (C=O) groups is 2. The number of nitrogens with zero attached hydrogens (tertiary/aromatic N) is 2. The van der Waals surface area contributed by atoms with E-state index in [0.29, 0.717) is 30.0 Å². The molecule has 5 heteroatoms. The largest absolute Gasteiger partial charge is 0.463 e. The van der Waals surface area contributed by atoms with Crippen molar-refractivity contribution in [1.82, 2.24) is 4.90 Å². The van der Waals surface area contributed by atoms with Crippen molar-refractivity contribution < 1.29 is 14.3 Å². The van der Waals surface area contributed by atoms with Gasteiger partial charge in [-0.3, -0.25) is 14.5 Å². The maximum Gasteiger partial charge on any atom is 0.256 e. The molecule has 25 heavy (non-hydrogen) atoms. The third-order valence-corrected chi connectivity index (χ3v) is 5.38. The van der Waals surface area contributed by atoms with Gasteiger partial charge >= 0.3 is 0 Å². The lowest BCUT2D eigenvalue weighted by Crippen LogP contribution is -2.45. The van der Waals surface area contributed by atoms with Gasteiger partial charge in [-0.1, -0.05) is 36.4 Å². The van der Waals surface area contributed by atoms with Crippen LogP contribution in [0.4, 0.5) is 5.69 Å². The molecule has 0 aliphatic carbocycles. The predicted octanol–water partition coefficient (Wildman–Crippen LogP) is 3.04. The van der Waals surface area contributed by atoms with Crippen LogP contribution in [0, 0.1) is 6.92 Å². The Kier molecular flexibility index (Phi) is 2.95. The van der Waals surface area contributed by atoms with E-state index >= 15 is 0 Å². The lowest BCUT2D eigenvalue weighted by Gasteiger charge is -2.27. The molecule has 3 aliphatic heterocycles. The lowest BCUT2D eigenvalue weighted by atomic mass is 10.1. The second-order valence-electron chi connectivity index (χ2n) is 6.85. The zero-order valence-corrected chi connectivity index (χ0v) is 13.9. The minimum atomic E-state index is -0.517. The zero-order chi connectivity index (χ0) is 17.1. The number of rotatable bonds is 1. The summed E-state index contributed by atoms with van der Waals surface area (Å²) in [5, 5.41) is 0. The van der Waals surface area contributed by atoms with E-state index in [9.17, 15) is 9.59 Å². The lowest BCUT2D eigenvalue weighted by molar-refractivity contribution is -0.123. The highest BCUT2D eigenvalue weighted by atomic mass is 16.5. The van der Waals surface area contributed by atoms with Crippen molar-refractivity contribution in [3.05, 3.63) is 59.2 Å². The van der Waals surface area contributed by atoms with E-state index in [1.807, 2.05) is 49.4 Å². The summed E-state index contributed by atoms with van der Waals surface area (Å²) in [5.41, 5.74) is 3.05. The highest BCUT2D eigenvalue weighted by Crippen LogP contribution is 2.50. The molecule has 0 spiro atoms. The van der Waals surface area contributed by atoms with Crippen molar-refractivity contribution in [3.63, 3.8) is 0 Å². The number of hydrogen-bond donors (Lipinski definition) is 0. The first-order valence-electron chi connectivity index (χ1n) is 8.66. The first-order valence-corrected chi connectivity index (χ1v) is 8.66. The van der Waals surface area contributed by atoms with Crippen LogP contribution in [0.2, 0.25) is 0 Å². The standard InChI is InChI=1S/C20H18N2O3/c1-12-9-10-14-16-17(12)25-20(13-6-3-2-4-7-13)22(16)19(24)15-8-5-11-21(15)18(14)23/h2-4,6-7,9-10,15,20H,5,8,11H2,1H3. The third-order valence-electron chi connectivity index (χ3n) is 5.38. The number of aryl methyl sites for hydroxylation is 1. The molecule has 0 saturated carbocycles. The summed E-state index contributed by atoms with van der Waals surface area (Å²) >= 11 is 0. The quantitative estimate of drug-likeness (QED) is 0.805. The van der Waals surface area contributed by atoms with Gasteiger partial charge in [0, 0.05) is 12.1 Å². The minimum Gasteiger partial charge on any atom is -0.463 e. The Balaban J connectivity index is 1.75. The zero-order valence-electron chi connectivity index (χ0n) is 13.9. The van der Waals surface area contributed by atoms with E-state index in [-0.39, 0.29) is 17.9 Å². The van der Waals surface area contributed by atoms with Crippen molar-refractivity contribution in [2.45, 2.75) is 32.0 Å². The number of fused-ring (bicyclic) bond motifs is 1. The molecule has 5 rings (SSSR count). The molecule has 1 fully saturated rings. The van der Waals surface area contributed by atoms with Crippen LogP contribution >= 0.6 is 0 Å². The van der Waals surface area contributed by atoms with E-state index < -0.39 is 6.23 Å². The summed E-state index contributed by atoms with van der Waals surface area (Å²) in [4.78, 5) is 29.8. The van der Waals surface area contributed by atoms with Gasteiger partial charge in [0.05, 0.1) is 5.56 Å². The summed E-state index contributed by atoms with van der Waals surface area (Å²) in [6.07, 6.45) is 1.06. The van der Waals surface area contributed by atoms with Crippen molar-refractivity contribution in [2.75, 3.05) is 11.4 Å². The van der Waals surface area contributed by atoms with Crippen LogP contribution < -0.4 is 9.64 Å². The molecule has 0 radical (unpaired) electrons. The summed E-state index contributed by atoms with van der Waals surface area (Å²) in [5.74, 6) is 0.545. The van der Waals surface area contributed by atoms with Crippen LogP contribution in [0.1, 0.15) is 40.6 Å². The molecule has 0 bridgehead atoms. The molecule has 0 N–H and O–H groups in total. The predicted molar refractivity (Wildman–Crippen MR) is 92.5 cm³/mol. The number of anilines is 1. The van der Waals surface area contributed by atoms with Crippen LogP contribution in [0.5, 0.6) is 5.75 Å². The second-order valence-corrected chi connectivity index (χ2v) is 6.85. The molecule has 2 aromatic rings. The SMILES string of the molecule is Cc1ccc2c3c1OC(c1ccccc1)N3C(=O)C1CCCN1C2=O. The fraction of sp³-hybridized carbons (Fsp3) is 0.300. The number of benzene rings is 2. The third kappa shape index (κ3) is 1.89. The maximum absolute atomic E-state index is 13.3. The monoisotopic (exact) mass is 334 g/mol. The fourth-order valence-corrected chi connectivity index (χ4v) is 4.16. The Morgan fingerprint density at radius 1 is 1.08 bits per heavy atom. The molecular formula is C20H18N2O3. The Morgan fingerprint density at radius 2 is 1.88 bits per heavy atom. The van der Waals surface area contributed by atoms with Gasteiger partial charge in [-0.05, 0) is 31.4 Å². The molecule has 5 nitrogen and oxygen atoms in total. The Hall–Kier alpha value is -2.82. The van der Waals surface area contributed by atoms with Crippen molar-refractivity contribution >= 4 is 17.5 Å². The van der Waals surface area contributed by atoms with Gasteiger partial charge in [-0.15, -0.1) is 0 Å². The van der Waals surface area contributed by atoms with Crippen molar-refractivity contribution in [3.8, 4) is 5.75 Å². The highest BCUT2D eigenvalue weighted by molar-refractivity contribution is 6.13. The second kappa shape index (κ2) is 5.09. The molecule has 3 heterocycles. The smallest absolute Gasteiger partial charge is 0.256 e. The highest BCUT2D eigenvalue weighted by Gasteiger charge is 2.49. The first kappa shape index (κ1) is 14.5. The topological polar surface area (TPSA) is 49.9 Å². The van der Waals surface area contributed by atoms with Gasteiger partial charge in [0.15, 0.2) is 0 Å². The average Bonchev–Trinajstić information content (AvgIpc) is 3.25. The van der Waals surface area contributed by atoms with E-state index in [2.05, 4.69) is 0 Å². The van der Waals surface area contributed by atoms with Crippen molar-refractivity contribution in [2.24, 2.45) is 0 Å². The Morgan fingerprint density at radius 3 is 2.68 bits per heavy atom. The van der Waals surface area contributed by atoms with E-state index in [1.165, 1.54) is 0 Å². The minimum absolute atomic E-state index is 0.0391. The molecule has 2 unspecified atom stereocenters. The number of ether oxygens (including phenoxy) is 1. The molecule has 126 valence electrons. The molecular weight excluding hydrogens is 316 g/mol. The van der Waals surface area contributed by atoms with Gasteiger partial charge in [-0.2, -0.15) is 0 Å². The fourth-order valence-electron chi connectivity index (χ4n) is 4.16. The van der Waals surface area contributed by atoms with Gasteiger partial charge < -0.3 is 9.64 Å². The Labute approximate surface area is 145 Å². The van der Waals surface area contributed by atoms with Crippen LogP contribution in [-0.4, -0.2) is 29.3 Å². The summed E-state index contributed by atoms with van der Waals surface area (Å²) in [6, 6.07) is 13.1. The molecule has 3 aliphatic rings. The van der Waals surface area contributed by atoms with Gasteiger partial charge in [0.1, 0.15) is 17.5 Å². The first-order chi connectivity index (χ1) is 12.2. The van der Waals surface area contributed by atoms with E-state index in [1.54, 1.807) is 9.80 Å². The summed E-state index contributed by atoms with van der Waals surface area (Å²) < 4.78 is 6.21. The molecule has 1 saturated heterocycles. The van der Waals surface area contributed by atoms with Crippen LogP contribution in [0.3, 0.4) is 0 Å². The van der Waals surface area contributed by atoms with Crippen LogP contribution in [0.15, 0.2) is 42.5 Å². The maximum atomic E-state index is 13.3. The van der Waals surface area contributed by atoms with Gasteiger partial charge in [-0.25, -0.2) is 0 Å². The number of carbonyl (C=O) groups excluding carboxylic acids is 2. The van der Waals surface area contributed by atoms with E-state index in [0.717, 1.165) is 17.5 Å². The molecule has 0 aromatic heterocycles. The average molecular weight is 334 g/mol.